The molecule has 2 unspecified atom stereocenters. The van der Waals surface area contributed by atoms with Crippen molar-refractivity contribution < 1.29 is 14.4 Å². The molecular formula is C13H12BrNO3. The van der Waals surface area contributed by atoms with Gasteiger partial charge in [0.25, 0.3) is 0 Å². The number of aliphatic hydroxyl groups is 1. The number of benzene rings is 1. The van der Waals surface area contributed by atoms with Crippen LogP contribution in [0, 0.1) is 12.3 Å². The molecule has 1 aromatic carbocycles. The number of nitrogens with zero attached hydrogens (tertiary/aromatic N) is 1. The van der Waals surface area contributed by atoms with Gasteiger partial charge in [0, 0.05) is 16.3 Å². The van der Waals surface area contributed by atoms with Gasteiger partial charge in [0.1, 0.15) is 0 Å². The first-order valence-corrected chi connectivity index (χ1v) is 6.22. The van der Waals surface area contributed by atoms with Gasteiger partial charge in [-0.3, -0.25) is 0 Å². The molecule has 0 radical (unpaired) electrons. The number of ether oxygens (including phenoxy) is 1. The van der Waals surface area contributed by atoms with Crippen LogP contribution in [0.3, 0.4) is 0 Å². The summed E-state index contributed by atoms with van der Waals surface area (Å²) in [6, 6.07) is 3.70. The lowest BCUT2D eigenvalue weighted by molar-refractivity contribution is -0.124. The smallest absolute Gasteiger partial charge is 0.167 e. The molecule has 1 heterocycles. The molecule has 0 fully saturated rings. The van der Waals surface area contributed by atoms with Gasteiger partial charge in [0.15, 0.2) is 11.9 Å². The van der Waals surface area contributed by atoms with Crippen LogP contribution in [0.1, 0.15) is 25.0 Å². The van der Waals surface area contributed by atoms with Crippen molar-refractivity contribution in [3.8, 4) is 12.3 Å². The number of hydrogen-bond donors (Lipinski definition) is 1. The molecule has 18 heavy (non-hydrogen) atoms. The van der Waals surface area contributed by atoms with Crippen LogP contribution in [0.15, 0.2) is 27.3 Å². The second-order valence-electron chi connectivity index (χ2n) is 3.87. The molecule has 0 aliphatic heterocycles. The van der Waals surface area contributed by atoms with E-state index >= 15 is 0 Å². The molecule has 0 aliphatic rings. The van der Waals surface area contributed by atoms with Crippen molar-refractivity contribution in [1.82, 2.24) is 5.16 Å². The summed E-state index contributed by atoms with van der Waals surface area (Å²) >= 11 is 3.44. The lowest BCUT2D eigenvalue weighted by Gasteiger charge is -2.19. The highest BCUT2D eigenvalue weighted by molar-refractivity contribution is 9.10. The average Bonchev–Trinajstić information content (AvgIpc) is 2.73. The zero-order valence-corrected chi connectivity index (χ0v) is 11.3. The zero-order chi connectivity index (χ0) is 13.1. The van der Waals surface area contributed by atoms with Gasteiger partial charge in [-0.1, -0.05) is 21.1 Å². The van der Waals surface area contributed by atoms with E-state index in [-0.39, 0.29) is 6.10 Å². The fourth-order valence-corrected chi connectivity index (χ4v) is 2.31. The molecule has 0 bridgehead atoms. The Morgan fingerprint density at radius 2 is 2.39 bits per heavy atom. The highest BCUT2D eigenvalue weighted by Crippen LogP contribution is 2.32. The Kier molecular flexibility index (Phi) is 4.02. The second kappa shape index (κ2) is 5.53. The predicted octanol–water partition coefficient (Wildman–Crippen LogP) is 3.01. The number of aromatic nitrogens is 1. The largest absolute Gasteiger partial charge is 0.368 e. The average molecular weight is 310 g/mol. The topological polar surface area (TPSA) is 55.5 Å². The van der Waals surface area contributed by atoms with Gasteiger partial charge in [-0.25, -0.2) is 0 Å². The minimum absolute atomic E-state index is 0.372. The molecule has 0 spiro atoms. The lowest BCUT2D eigenvalue weighted by atomic mass is 10.1. The summed E-state index contributed by atoms with van der Waals surface area (Å²) in [7, 11) is 0. The first-order chi connectivity index (χ1) is 8.61. The minimum Gasteiger partial charge on any atom is -0.368 e. The van der Waals surface area contributed by atoms with Crippen LogP contribution in [-0.2, 0) is 4.74 Å². The van der Waals surface area contributed by atoms with Crippen molar-refractivity contribution in [2.24, 2.45) is 0 Å². The zero-order valence-electron chi connectivity index (χ0n) is 9.76. The van der Waals surface area contributed by atoms with E-state index in [4.69, 9.17) is 15.7 Å². The van der Waals surface area contributed by atoms with E-state index in [0.29, 0.717) is 12.0 Å². The molecule has 0 aliphatic carbocycles. The van der Waals surface area contributed by atoms with Crippen molar-refractivity contribution in [1.29, 1.82) is 0 Å². The summed E-state index contributed by atoms with van der Waals surface area (Å²) < 4.78 is 11.3. The lowest BCUT2D eigenvalue weighted by Crippen LogP contribution is -2.13. The van der Waals surface area contributed by atoms with E-state index in [1.807, 2.05) is 12.1 Å². The molecule has 5 heteroatoms. The predicted molar refractivity (Wildman–Crippen MR) is 70.7 cm³/mol. The highest BCUT2D eigenvalue weighted by Gasteiger charge is 2.18. The Labute approximate surface area is 113 Å². The van der Waals surface area contributed by atoms with E-state index in [2.05, 4.69) is 27.0 Å². The molecular weight excluding hydrogens is 298 g/mol. The number of hydrogen-bond acceptors (Lipinski definition) is 4. The summed E-state index contributed by atoms with van der Waals surface area (Å²) in [6.45, 7) is 1.55. The Morgan fingerprint density at radius 1 is 1.61 bits per heavy atom. The number of rotatable bonds is 4. The monoisotopic (exact) mass is 309 g/mol. The van der Waals surface area contributed by atoms with Crippen LogP contribution in [0.2, 0.25) is 0 Å². The van der Waals surface area contributed by atoms with Crippen LogP contribution in [0.4, 0.5) is 0 Å². The Balaban J connectivity index is 2.42. The van der Waals surface area contributed by atoms with E-state index in [1.165, 1.54) is 0 Å². The number of fused-ring (bicyclic) bond motifs is 1. The van der Waals surface area contributed by atoms with Crippen molar-refractivity contribution in [2.75, 3.05) is 0 Å². The van der Waals surface area contributed by atoms with E-state index < -0.39 is 6.29 Å². The van der Waals surface area contributed by atoms with Crippen molar-refractivity contribution in [2.45, 2.75) is 25.7 Å². The minimum atomic E-state index is -0.881. The third-order valence-corrected chi connectivity index (χ3v) is 3.17. The van der Waals surface area contributed by atoms with Crippen LogP contribution < -0.4 is 0 Å². The third-order valence-electron chi connectivity index (χ3n) is 2.48. The van der Waals surface area contributed by atoms with Gasteiger partial charge in [-0.05, 0) is 24.6 Å². The summed E-state index contributed by atoms with van der Waals surface area (Å²) in [5.74, 6) is 2.54. The molecule has 2 aromatic rings. The van der Waals surface area contributed by atoms with Crippen LogP contribution >= 0.6 is 15.9 Å². The molecule has 94 valence electrons. The van der Waals surface area contributed by atoms with Crippen LogP contribution in [-0.4, -0.2) is 16.6 Å². The van der Waals surface area contributed by atoms with Gasteiger partial charge in [-0.2, -0.15) is 0 Å². The SMILES string of the molecule is C#CCC(OC(C)O)c1cc2cnoc2cc1Br. The maximum absolute atomic E-state index is 9.34. The van der Waals surface area contributed by atoms with Crippen LogP contribution in [0.5, 0.6) is 0 Å². The van der Waals surface area contributed by atoms with E-state index in [1.54, 1.807) is 13.1 Å². The van der Waals surface area contributed by atoms with Gasteiger partial charge in [0.2, 0.25) is 0 Å². The Morgan fingerprint density at radius 3 is 3.06 bits per heavy atom. The van der Waals surface area contributed by atoms with Crippen LogP contribution in [0.25, 0.3) is 11.0 Å². The maximum Gasteiger partial charge on any atom is 0.167 e. The summed E-state index contributed by atoms with van der Waals surface area (Å²) in [5.41, 5.74) is 1.55. The van der Waals surface area contributed by atoms with Gasteiger partial charge >= 0.3 is 0 Å². The maximum atomic E-state index is 9.34. The molecule has 0 saturated carbocycles. The van der Waals surface area contributed by atoms with E-state index in [9.17, 15) is 5.11 Å². The van der Waals surface area contributed by atoms with E-state index in [0.717, 1.165) is 15.4 Å². The van der Waals surface area contributed by atoms with Crippen molar-refractivity contribution >= 4 is 26.9 Å². The first kappa shape index (κ1) is 13.1. The van der Waals surface area contributed by atoms with Gasteiger partial charge in [-0.15, -0.1) is 12.3 Å². The number of aliphatic hydroxyl groups excluding tert-OH is 1. The summed E-state index contributed by atoms with van der Waals surface area (Å²) in [6.07, 6.45) is 6.08. The normalized spacial score (nSPS) is 14.3. The first-order valence-electron chi connectivity index (χ1n) is 5.42. The van der Waals surface area contributed by atoms with Crippen molar-refractivity contribution in [3.63, 3.8) is 0 Å². The molecule has 4 nitrogen and oxygen atoms in total. The molecule has 0 saturated heterocycles. The quantitative estimate of drug-likeness (QED) is 0.697. The van der Waals surface area contributed by atoms with Gasteiger partial charge in [0.05, 0.1) is 12.3 Å². The fraction of sp³-hybridized carbons (Fsp3) is 0.308. The van der Waals surface area contributed by atoms with Gasteiger partial charge < -0.3 is 14.4 Å². The highest BCUT2D eigenvalue weighted by atomic mass is 79.9. The second-order valence-corrected chi connectivity index (χ2v) is 4.72. The third kappa shape index (κ3) is 2.72. The number of terminal acetylenes is 1. The fourth-order valence-electron chi connectivity index (χ4n) is 1.73. The Hall–Kier alpha value is -1.35. The molecule has 2 atom stereocenters. The van der Waals surface area contributed by atoms with Crippen molar-refractivity contribution in [3.05, 3.63) is 28.4 Å². The Bertz CT molecular complexity index is 585. The molecule has 2 rings (SSSR count). The molecule has 0 amide bonds. The number of halogens is 1. The standard InChI is InChI=1S/C13H12BrNO3/c1-3-4-12(17-8(2)16)10-5-9-7-15-18-13(9)6-11(10)14/h1,5-8,12,16H,4H2,2H3. The summed E-state index contributed by atoms with van der Waals surface area (Å²) in [5, 5.41) is 13.9. The molecule has 1 N–H and O–H groups in total. The molecule has 1 aromatic heterocycles. The summed E-state index contributed by atoms with van der Waals surface area (Å²) in [4.78, 5) is 0.